The van der Waals surface area contributed by atoms with E-state index in [1.807, 2.05) is 12.1 Å². The number of hydrogen-bond acceptors (Lipinski definition) is 2. The van der Waals surface area contributed by atoms with E-state index >= 15 is 0 Å². The number of unbranched alkanes of at least 4 members (excludes halogenated alkanes) is 1. The van der Waals surface area contributed by atoms with E-state index in [-0.39, 0.29) is 5.91 Å². The summed E-state index contributed by atoms with van der Waals surface area (Å²) in [7, 11) is 0. The molecule has 112 valence electrons. The predicted octanol–water partition coefficient (Wildman–Crippen LogP) is 3.86. The number of amides is 1. The number of alkyl halides is 1. The van der Waals surface area contributed by atoms with Crippen molar-refractivity contribution in [3.63, 3.8) is 0 Å². The van der Waals surface area contributed by atoms with E-state index in [9.17, 15) is 4.79 Å². The molecular weight excluding hydrogens is 274 g/mol. The topological polar surface area (TPSA) is 38.3 Å². The van der Waals surface area contributed by atoms with Crippen LogP contribution in [0, 0.1) is 5.92 Å². The Morgan fingerprint density at radius 3 is 2.65 bits per heavy atom. The molecule has 0 aliphatic carbocycles. The monoisotopic (exact) mass is 297 g/mol. The maximum Gasteiger partial charge on any atom is 0.251 e. The van der Waals surface area contributed by atoms with E-state index < -0.39 is 0 Å². The van der Waals surface area contributed by atoms with Crippen LogP contribution in [0.3, 0.4) is 0 Å². The molecule has 1 aromatic rings. The summed E-state index contributed by atoms with van der Waals surface area (Å²) < 4.78 is 5.56. The number of carbonyl (C=O) groups is 1. The molecule has 1 N–H and O–H groups in total. The SMILES string of the molecule is CCCCOc1ccc(C(=O)NCC(C)CCCl)cc1. The van der Waals surface area contributed by atoms with Crippen molar-refractivity contribution in [2.24, 2.45) is 5.92 Å². The lowest BCUT2D eigenvalue weighted by atomic mass is 10.1. The number of benzene rings is 1. The van der Waals surface area contributed by atoms with Gasteiger partial charge in [-0.15, -0.1) is 11.6 Å². The van der Waals surface area contributed by atoms with E-state index in [4.69, 9.17) is 16.3 Å². The van der Waals surface area contributed by atoms with Gasteiger partial charge in [0.1, 0.15) is 5.75 Å². The summed E-state index contributed by atoms with van der Waals surface area (Å²) in [4.78, 5) is 11.9. The maximum atomic E-state index is 11.9. The van der Waals surface area contributed by atoms with Crippen LogP contribution in [0.2, 0.25) is 0 Å². The average molecular weight is 298 g/mol. The Balaban J connectivity index is 2.40. The van der Waals surface area contributed by atoms with Crippen molar-refractivity contribution in [2.75, 3.05) is 19.0 Å². The largest absolute Gasteiger partial charge is 0.494 e. The molecule has 1 atom stereocenters. The normalized spacial score (nSPS) is 11.9. The summed E-state index contributed by atoms with van der Waals surface area (Å²) >= 11 is 5.67. The van der Waals surface area contributed by atoms with Crippen molar-refractivity contribution in [2.45, 2.75) is 33.1 Å². The van der Waals surface area contributed by atoms with Crippen LogP contribution in [0.1, 0.15) is 43.5 Å². The van der Waals surface area contributed by atoms with Crippen molar-refractivity contribution in [3.8, 4) is 5.75 Å². The zero-order chi connectivity index (χ0) is 14.8. The van der Waals surface area contributed by atoms with Crippen LogP contribution in [0.4, 0.5) is 0 Å². The first-order chi connectivity index (χ1) is 9.67. The van der Waals surface area contributed by atoms with Gasteiger partial charge in [0.25, 0.3) is 5.91 Å². The van der Waals surface area contributed by atoms with Crippen LogP contribution in [0.25, 0.3) is 0 Å². The highest BCUT2D eigenvalue weighted by Crippen LogP contribution is 2.13. The molecule has 4 heteroatoms. The van der Waals surface area contributed by atoms with Crippen LogP contribution >= 0.6 is 11.6 Å². The maximum absolute atomic E-state index is 11.9. The smallest absolute Gasteiger partial charge is 0.251 e. The molecule has 20 heavy (non-hydrogen) atoms. The fourth-order valence-electron chi connectivity index (χ4n) is 1.69. The van der Waals surface area contributed by atoms with Gasteiger partial charge < -0.3 is 10.1 Å². The molecule has 3 nitrogen and oxygen atoms in total. The highest BCUT2D eigenvalue weighted by molar-refractivity contribution is 6.17. The molecule has 1 rings (SSSR count). The van der Waals surface area contributed by atoms with Crippen molar-refractivity contribution in [3.05, 3.63) is 29.8 Å². The van der Waals surface area contributed by atoms with Gasteiger partial charge in [0, 0.05) is 18.0 Å². The molecule has 0 radical (unpaired) electrons. The zero-order valence-electron chi connectivity index (χ0n) is 12.3. The third-order valence-electron chi connectivity index (χ3n) is 3.10. The third kappa shape index (κ3) is 6.29. The first-order valence-electron chi connectivity index (χ1n) is 7.24. The molecule has 0 spiro atoms. The van der Waals surface area contributed by atoms with E-state index in [1.165, 1.54) is 0 Å². The van der Waals surface area contributed by atoms with E-state index in [1.54, 1.807) is 12.1 Å². The molecule has 1 amide bonds. The fourth-order valence-corrected chi connectivity index (χ4v) is 2.07. The molecule has 0 aromatic heterocycles. The van der Waals surface area contributed by atoms with Crippen molar-refractivity contribution >= 4 is 17.5 Å². The standard InChI is InChI=1S/C16H24ClNO2/c1-3-4-11-20-15-7-5-14(6-8-15)16(19)18-12-13(2)9-10-17/h5-8,13H,3-4,9-12H2,1-2H3,(H,18,19). The molecule has 0 heterocycles. The first kappa shape index (κ1) is 16.8. The summed E-state index contributed by atoms with van der Waals surface area (Å²) in [6.45, 7) is 5.58. The number of hydrogen-bond donors (Lipinski definition) is 1. The second kappa shape index (κ2) is 9.65. The van der Waals surface area contributed by atoms with Crippen molar-refractivity contribution in [1.29, 1.82) is 0 Å². The van der Waals surface area contributed by atoms with E-state index in [2.05, 4.69) is 19.2 Å². The Morgan fingerprint density at radius 1 is 1.35 bits per heavy atom. The Hall–Kier alpha value is -1.22. The Kier molecular flexibility index (Phi) is 8.12. The lowest BCUT2D eigenvalue weighted by Crippen LogP contribution is -2.28. The summed E-state index contributed by atoms with van der Waals surface area (Å²) in [6, 6.07) is 7.27. The Labute approximate surface area is 126 Å². The van der Waals surface area contributed by atoms with Gasteiger partial charge in [-0.25, -0.2) is 0 Å². The van der Waals surface area contributed by atoms with E-state index in [0.29, 0.717) is 23.9 Å². The molecular formula is C16H24ClNO2. The number of rotatable bonds is 9. The predicted molar refractivity (Wildman–Crippen MR) is 83.7 cm³/mol. The Bertz CT molecular complexity index is 392. The van der Waals surface area contributed by atoms with Crippen LogP contribution in [-0.2, 0) is 0 Å². The molecule has 0 saturated heterocycles. The summed E-state index contributed by atoms with van der Waals surface area (Å²) in [5.74, 6) is 1.78. The second-order valence-corrected chi connectivity index (χ2v) is 5.40. The Morgan fingerprint density at radius 2 is 2.05 bits per heavy atom. The van der Waals surface area contributed by atoms with Crippen LogP contribution in [-0.4, -0.2) is 24.9 Å². The highest BCUT2D eigenvalue weighted by Gasteiger charge is 2.07. The molecule has 1 aromatic carbocycles. The molecule has 0 aliphatic rings. The fraction of sp³-hybridized carbons (Fsp3) is 0.562. The van der Waals surface area contributed by atoms with Crippen molar-refractivity contribution in [1.82, 2.24) is 5.32 Å². The highest BCUT2D eigenvalue weighted by atomic mass is 35.5. The van der Waals surface area contributed by atoms with Gasteiger partial charge in [0.2, 0.25) is 0 Å². The molecule has 0 fully saturated rings. The third-order valence-corrected chi connectivity index (χ3v) is 3.31. The van der Waals surface area contributed by atoms with Crippen molar-refractivity contribution < 1.29 is 9.53 Å². The average Bonchev–Trinajstić information content (AvgIpc) is 2.46. The molecule has 0 aliphatic heterocycles. The molecule has 0 bridgehead atoms. The van der Waals surface area contributed by atoms with Crippen LogP contribution in [0.5, 0.6) is 5.75 Å². The van der Waals surface area contributed by atoms with Gasteiger partial charge in [-0.05, 0) is 43.0 Å². The van der Waals surface area contributed by atoms with Gasteiger partial charge in [-0.3, -0.25) is 4.79 Å². The van der Waals surface area contributed by atoms with Gasteiger partial charge in [-0.1, -0.05) is 20.3 Å². The quantitative estimate of drug-likeness (QED) is 0.555. The van der Waals surface area contributed by atoms with Crippen LogP contribution in [0.15, 0.2) is 24.3 Å². The minimum Gasteiger partial charge on any atom is -0.494 e. The molecule has 0 saturated carbocycles. The number of halogens is 1. The first-order valence-corrected chi connectivity index (χ1v) is 7.77. The number of ether oxygens (including phenoxy) is 1. The van der Waals surface area contributed by atoms with Gasteiger partial charge in [-0.2, -0.15) is 0 Å². The summed E-state index contributed by atoms with van der Waals surface area (Å²) in [5.41, 5.74) is 0.658. The zero-order valence-corrected chi connectivity index (χ0v) is 13.1. The second-order valence-electron chi connectivity index (χ2n) is 5.02. The van der Waals surface area contributed by atoms with Crippen LogP contribution < -0.4 is 10.1 Å². The lowest BCUT2D eigenvalue weighted by Gasteiger charge is -2.11. The number of nitrogens with one attached hydrogen (secondary N) is 1. The van der Waals surface area contributed by atoms with Gasteiger partial charge in [0.15, 0.2) is 0 Å². The summed E-state index contributed by atoms with van der Waals surface area (Å²) in [6.07, 6.45) is 3.06. The summed E-state index contributed by atoms with van der Waals surface area (Å²) in [5, 5.41) is 2.92. The van der Waals surface area contributed by atoms with E-state index in [0.717, 1.165) is 31.6 Å². The van der Waals surface area contributed by atoms with Gasteiger partial charge in [0.05, 0.1) is 6.61 Å². The minimum atomic E-state index is -0.0495. The lowest BCUT2D eigenvalue weighted by molar-refractivity contribution is 0.0948. The number of carbonyl (C=O) groups excluding carboxylic acids is 1. The van der Waals surface area contributed by atoms with Gasteiger partial charge >= 0.3 is 0 Å². The molecule has 1 unspecified atom stereocenters. The minimum absolute atomic E-state index is 0.0495.